The first-order chi connectivity index (χ1) is 14.9. The van der Waals surface area contributed by atoms with Crippen LogP contribution in [0.3, 0.4) is 0 Å². The molecule has 7 heteroatoms. The molecule has 1 amide bonds. The second kappa shape index (κ2) is 8.65. The number of para-hydroxylation sites is 2. The highest BCUT2D eigenvalue weighted by Crippen LogP contribution is 2.22. The quantitative estimate of drug-likeness (QED) is 0.462. The largest absolute Gasteiger partial charge is 0.347 e. The van der Waals surface area contributed by atoms with E-state index in [2.05, 4.69) is 10.0 Å². The summed E-state index contributed by atoms with van der Waals surface area (Å²) < 4.78 is 27.8. The van der Waals surface area contributed by atoms with Crippen LogP contribution in [0.5, 0.6) is 0 Å². The minimum absolute atomic E-state index is 0.199. The van der Waals surface area contributed by atoms with Crippen molar-refractivity contribution >= 4 is 32.5 Å². The third kappa shape index (κ3) is 4.95. The van der Waals surface area contributed by atoms with Crippen LogP contribution in [0.15, 0.2) is 84.9 Å². The molecule has 0 fully saturated rings. The van der Waals surface area contributed by atoms with Crippen LogP contribution in [-0.4, -0.2) is 25.1 Å². The molecule has 1 heterocycles. The summed E-state index contributed by atoms with van der Waals surface area (Å²) in [6, 6.07) is 26.8. The number of carbonyl (C=O) groups excluding carboxylic acids is 1. The molecule has 158 valence electrons. The number of hydrogen-bond donors (Lipinski definition) is 2. The van der Waals surface area contributed by atoms with Crippen molar-refractivity contribution in [2.75, 3.05) is 11.0 Å². The Kier molecular flexibility index (Phi) is 5.77. The lowest BCUT2D eigenvalue weighted by Crippen LogP contribution is -2.26. The van der Waals surface area contributed by atoms with Crippen LogP contribution in [0.4, 0.5) is 5.69 Å². The molecule has 0 saturated carbocycles. The number of benzene rings is 3. The van der Waals surface area contributed by atoms with Gasteiger partial charge in [0.15, 0.2) is 0 Å². The van der Waals surface area contributed by atoms with Crippen LogP contribution >= 0.6 is 0 Å². The van der Waals surface area contributed by atoms with Gasteiger partial charge in [0.05, 0.1) is 11.9 Å². The number of fused-ring (bicyclic) bond motifs is 1. The monoisotopic (exact) mass is 433 g/mol. The number of anilines is 1. The fourth-order valence-corrected chi connectivity index (χ4v) is 4.17. The molecule has 2 N–H and O–H groups in total. The SMILES string of the molecule is CS(=O)(=O)Nc1ccccc1CNC(=O)c1cc2ccccc2n1Cc1ccccc1. The normalized spacial score (nSPS) is 11.4. The Morgan fingerprint density at radius 2 is 1.58 bits per heavy atom. The van der Waals surface area contributed by atoms with Gasteiger partial charge in [-0.25, -0.2) is 8.42 Å². The summed E-state index contributed by atoms with van der Waals surface area (Å²) in [5.41, 5.74) is 3.77. The van der Waals surface area contributed by atoms with E-state index in [0.717, 1.165) is 22.7 Å². The third-order valence-electron chi connectivity index (χ3n) is 4.98. The lowest BCUT2D eigenvalue weighted by atomic mass is 10.2. The molecule has 0 spiro atoms. The van der Waals surface area contributed by atoms with Crippen LogP contribution in [0.25, 0.3) is 10.9 Å². The topological polar surface area (TPSA) is 80.2 Å². The number of carbonyl (C=O) groups is 1. The fraction of sp³-hybridized carbons (Fsp3) is 0.125. The van der Waals surface area contributed by atoms with Crippen LogP contribution in [0, 0.1) is 0 Å². The van der Waals surface area contributed by atoms with Gasteiger partial charge in [-0.1, -0.05) is 66.7 Å². The molecule has 3 aromatic carbocycles. The van der Waals surface area contributed by atoms with E-state index in [0.29, 0.717) is 23.5 Å². The van der Waals surface area contributed by atoms with Gasteiger partial charge in [-0.2, -0.15) is 0 Å². The lowest BCUT2D eigenvalue weighted by Gasteiger charge is -2.13. The molecule has 4 rings (SSSR count). The van der Waals surface area contributed by atoms with E-state index in [9.17, 15) is 13.2 Å². The molecule has 1 aromatic heterocycles. The maximum absolute atomic E-state index is 13.1. The number of hydrogen-bond acceptors (Lipinski definition) is 3. The molecule has 31 heavy (non-hydrogen) atoms. The highest BCUT2D eigenvalue weighted by Gasteiger charge is 2.16. The summed E-state index contributed by atoms with van der Waals surface area (Å²) in [5.74, 6) is -0.221. The summed E-state index contributed by atoms with van der Waals surface area (Å²) in [5, 5.41) is 3.92. The fourth-order valence-electron chi connectivity index (χ4n) is 3.57. The Bertz CT molecular complexity index is 1330. The van der Waals surface area contributed by atoms with E-state index in [1.54, 1.807) is 24.3 Å². The van der Waals surface area contributed by atoms with Crippen LogP contribution in [-0.2, 0) is 23.1 Å². The third-order valence-corrected chi connectivity index (χ3v) is 5.57. The smallest absolute Gasteiger partial charge is 0.268 e. The van der Waals surface area contributed by atoms with Gasteiger partial charge >= 0.3 is 0 Å². The van der Waals surface area contributed by atoms with Crippen molar-refractivity contribution in [3.63, 3.8) is 0 Å². The molecule has 0 aliphatic rings. The zero-order valence-electron chi connectivity index (χ0n) is 17.1. The first-order valence-corrected chi connectivity index (χ1v) is 11.8. The van der Waals surface area contributed by atoms with Crippen molar-refractivity contribution in [2.45, 2.75) is 13.1 Å². The van der Waals surface area contributed by atoms with Gasteiger partial charge in [0.1, 0.15) is 5.69 Å². The first-order valence-electron chi connectivity index (χ1n) is 9.87. The highest BCUT2D eigenvalue weighted by molar-refractivity contribution is 7.92. The summed E-state index contributed by atoms with van der Waals surface area (Å²) in [7, 11) is -3.42. The summed E-state index contributed by atoms with van der Waals surface area (Å²) >= 11 is 0. The number of rotatable bonds is 7. The highest BCUT2D eigenvalue weighted by atomic mass is 32.2. The van der Waals surface area contributed by atoms with Gasteiger partial charge in [-0.15, -0.1) is 0 Å². The van der Waals surface area contributed by atoms with Crippen LogP contribution in [0.2, 0.25) is 0 Å². The van der Waals surface area contributed by atoms with Crippen molar-refractivity contribution in [3.05, 3.63) is 102 Å². The van der Waals surface area contributed by atoms with Gasteiger partial charge in [-0.05, 0) is 29.3 Å². The van der Waals surface area contributed by atoms with E-state index in [1.807, 2.05) is 65.2 Å². The average Bonchev–Trinajstić information content (AvgIpc) is 3.11. The van der Waals surface area contributed by atoms with Gasteiger partial charge in [-0.3, -0.25) is 9.52 Å². The van der Waals surface area contributed by atoms with E-state index >= 15 is 0 Å². The Labute approximate surface area is 181 Å². The standard InChI is InChI=1S/C24H23N3O3S/c1-31(29,30)26-21-13-7-5-12-20(21)16-25-24(28)23-15-19-11-6-8-14-22(19)27(23)17-18-9-3-2-4-10-18/h2-15,26H,16-17H2,1H3,(H,25,28). The number of amides is 1. The number of nitrogens with one attached hydrogen (secondary N) is 2. The molecule has 0 atom stereocenters. The van der Waals surface area contributed by atoms with Crippen molar-refractivity contribution < 1.29 is 13.2 Å². The number of aromatic nitrogens is 1. The van der Waals surface area contributed by atoms with Crippen LogP contribution in [0.1, 0.15) is 21.6 Å². The van der Waals surface area contributed by atoms with E-state index in [4.69, 9.17) is 0 Å². The Hall–Kier alpha value is -3.58. The second-order valence-corrected chi connectivity index (χ2v) is 9.12. The molecule has 0 radical (unpaired) electrons. The zero-order valence-corrected chi connectivity index (χ0v) is 17.9. The molecule has 0 bridgehead atoms. The molecule has 0 saturated heterocycles. The van der Waals surface area contributed by atoms with Gasteiger partial charge in [0.25, 0.3) is 5.91 Å². The van der Waals surface area contributed by atoms with E-state index in [1.165, 1.54) is 0 Å². The number of nitrogens with zero attached hydrogens (tertiary/aromatic N) is 1. The van der Waals surface area contributed by atoms with Crippen LogP contribution < -0.4 is 10.0 Å². The minimum atomic E-state index is -3.42. The first kappa shape index (κ1) is 20.7. The van der Waals surface area contributed by atoms with Gasteiger partial charge < -0.3 is 9.88 Å². The molecule has 0 unspecified atom stereocenters. The second-order valence-electron chi connectivity index (χ2n) is 7.37. The Balaban J connectivity index is 1.61. The summed E-state index contributed by atoms with van der Waals surface area (Å²) in [6.07, 6.45) is 1.10. The predicted octanol–water partition coefficient (Wildman–Crippen LogP) is 3.99. The Morgan fingerprint density at radius 1 is 0.903 bits per heavy atom. The maximum Gasteiger partial charge on any atom is 0.268 e. The summed E-state index contributed by atoms with van der Waals surface area (Å²) in [4.78, 5) is 13.1. The zero-order chi connectivity index (χ0) is 21.8. The molecular formula is C24H23N3O3S. The van der Waals surface area contributed by atoms with E-state index < -0.39 is 10.0 Å². The van der Waals surface area contributed by atoms with E-state index in [-0.39, 0.29) is 12.5 Å². The minimum Gasteiger partial charge on any atom is -0.347 e. The molecule has 0 aliphatic carbocycles. The molecule has 6 nitrogen and oxygen atoms in total. The lowest BCUT2D eigenvalue weighted by molar-refractivity contribution is 0.0942. The van der Waals surface area contributed by atoms with Crippen molar-refractivity contribution in [2.24, 2.45) is 0 Å². The predicted molar refractivity (Wildman–Crippen MR) is 124 cm³/mol. The maximum atomic E-state index is 13.1. The summed E-state index contributed by atoms with van der Waals surface area (Å²) in [6.45, 7) is 0.772. The molecule has 0 aliphatic heterocycles. The molecule has 4 aromatic rings. The Morgan fingerprint density at radius 3 is 2.35 bits per heavy atom. The van der Waals surface area contributed by atoms with Crippen molar-refractivity contribution in [1.29, 1.82) is 0 Å². The van der Waals surface area contributed by atoms with Crippen molar-refractivity contribution in [1.82, 2.24) is 9.88 Å². The van der Waals surface area contributed by atoms with Gasteiger partial charge in [0.2, 0.25) is 10.0 Å². The average molecular weight is 434 g/mol. The van der Waals surface area contributed by atoms with Crippen molar-refractivity contribution in [3.8, 4) is 0 Å². The number of sulfonamides is 1. The van der Waals surface area contributed by atoms with Gasteiger partial charge in [0, 0.05) is 24.0 Å². The molecular weight excluding hydrogens is 410 g/mol.